The maximum atomic E-state index is 14.2. The first-order valence-electron chi connectivity index (χ1n) is 14.7. The van der Waals surface area contributed by atoms with Crippen molar-refractivity contribution in [3.8, 4) is 17.2 Å². The number of aromatic nitrogens is 1. The molecule has 0 saturated carbocycles. The zero-order chi connectivity index (χ0) is 32.5. The molecule has 0 N–H and O–H groups in total. The van der Waals surface area contributed by atoms with Gasteiger partial charge in [-0.3, -0.25) is 9.36 Å². The summed E-state index contributed by atoms with van der Waals surface area (Å²) in [6, 6.07) is 25.6. The van der Waals surface area contributed by atoms with Crippen LogP contribution in [0.1, 0.15) is 35.2 Å². The van der Waals surface area contributed by atoms with Gasteiger partial charge in [-0.15, -0.1) is 0 Å². The number of hydrogen-bond acceptors (Lipinski definition) is 8. The first kappa shape index (κ1) is 30.6. The van der Waals surface area contributed by atoms with Gasteiger partial charge in [-0.05, 0) is 82.0 Å². The molecule has 8 nitrogen and oxygen atoms in total. The fourth-order valence-corrected chi connectivity index (χ4v) is 6.97. The molecule has 0 aliphatic carbocycles. The van der Waals surface area contributed by atoms with Crippen LogP contribution in [0.5, 0.6) is 17.2 Å². The van der Waals surface area contributed by atoms with Crippen molar-refractivity contribution in [2.75, 3.05) is 13.4 Å². The Morgan fingerprint density at radius 3 is 2.60 bits per heavy atom. The molecule has 0 saturated heterocycles. The van der Waals surface area contributed by atoms with Crippen LogP contribution in [0.15, 0.2) is 111 Å². The second-order valence-corrected chi connectivity index (χ2v) is 12.5. The number of nitrogens with zero attached hydrogens (tertiary/aromatic N) is 2. The topological polar surface area (TPSA) is 88.4 Å². The molecule has 47 heavy (non-hydrogen) atoms. The van der Waals surface area contributed by atoms with Crippen molar-refractivity contribution < 1.29 is 28.1 Å². The highest BCUT2D eigenvalue weighted by Gasteiger charge is 2.36. The van der Waals surface area contributed by atoms with Gasteiger partial charge in [0.1, 0.15) is 18.2 Å². The van der Waals surface area contributed by atoms with Crippen molar-refractivity contribution in [2.24, 2.45) is 4.99 Å². The average molecular weight is 714 g/mol. The number of carbonyl (C=O) groups is 1. The molecule has 0 radical (unpaired) electrons. The molecular weight excluding hydrogens is 687 g/mol. The van der Waals surface area contributed by atoms with Crippen molar-refractivity contribution >= 4 is 45.0 Å². The van der Waals surface area contributed by atoms with E-state index in [1.165, 1.54) is 23.5 Å². The van der Waals surface area contributed by atoms with Crippen LogP contribution in [0.3, 0.4) is 0 Å². The molecule has 0 unspecified atom stereocenters. The van der Waals surface area contributed by atoms with Gasteiger partial charge in [0.15, 0.2) is 16.3 Å². The Hall–Kier alpha value is -5.00. The third kappa shape index (κ3) is 6.11. The SMILES string of the molecule is CCOC(=O)C1=C(c2ccccc2)N=c2s/c(=C\c3ccc(OCc4ccc(F)cc4)c(Br)c3)c(=O)n2[C@@H]1c1ccc2c(c1)OCO2. The van der Waals surface area contributed by atoms with Gasteiger partial charge in [0.05, 0.1) is 32.9 Å². The lowest BCUT2D eigenvalue weighted by atomic mass is 9.93. The van der Waals surface area contributed by atoms with Crippen molar-refractivity contribution in [3.05, 3.63) is 149 Å². The molecule has 0 fully saturated rings. The Labute approximate surface area is 280 Å². The normalized spacial score (nSPS) is 15.3. The van der Waals surface area contributed by atoms with Gasteiger partial charge in [0.25, 0.3) is 5.56 Å². The smallest absolute Gasteiger partial charge is 0.338 e. The van der Waals surface area contributed by atoms with Crippen LogP contribution in [-0.2, 0) is 16.1 Å². The maximum Gasteiger partial charge on any atom is 0.338 e. The Kier molecular flexibility index (Phi) is 8.48. The van der Waals surface area contributed by atoms with Gasteiger partial charge in [0, 0.05) is 5.56 Å². The van der Waals surface area contributed by atoms with Crippen molar-refractivity contribution in [2.45, 2.75) is 19.6 Å². The first-order valence-corrected chi connectivity index (χ1v) is 16.4. The van der Waals surface area contributed by atoms with E-state index in [9.17, 15) is 14.0 Å². The quantitative estimate of drug-likeness (QED) is 0.180. The molecule has 11 heteroatoms. The van der Waals surface area contributed by atoms with E-state index in [2.05, 4.69) is 15.9 Å². The lowest BCUT2D eigenvalue weighted by Gasteiger charge is -2.26. The molecule has 236 valence electrons. The number of thiazole rings is 1. The number of rotatable bonds is 8. The minimum Gasteiger partial charge on any atom is -0.488 e. The van der Waals surface area contributed by atoms with Crippen LogP contribution in [0, 0.1) is 5.82 Å². The zero-order valence-electron chi connectivity index (χ0n) is 24.9. The number of benzene rings is 4. The number of ether oxygens (including phenoxy) is 4. The lowest BCUT2D eigenvalue weighted by Crippen LogP contribution is -2.40. The summed E-state index contributed by atoms with van der Waals surface area (Å²) in [5, 5.41) is 0. The van der Waals surface area contributed by atoms with Crippen molar-refractivity contribution in [1.82, 2.24) is 4.57 Å². The van der Waals surface area contributed by atoms with Gasteiger partial charge >= 0.3 is 5.97 Å². The van der Waals surface area contributed by atoms with E-state index in [0.29, 0.717) is 42.3 Å². The van der Waals surface area contributed by atoms with Gasteiger partial charge < -0.3 is 18.9 Å². The maximum absolute atomic E-state index is 14.2. The van der Waals surface area contributed by atoms with Gasteiger partial charge in [-0.2, -0.15) is 0 Å². The third-order valence-electron chi connectivity index (χ3n) is 7.65. The van der Waals surface area contributed by atoms with E-state index in [-0.39, 0.29) is 37.0 Å². The minimum absolute atomic E-state index is 0.0863. The summed E-state index contributed by atoms with van der Waals surface area (Å²) >= 11 is 4.81. The molecule has 2 aliphatic rings. The van der Waals surface area contributed by atoms with Crippen LogP contribution in [0.4, 0.5) is 4.39 Å². The molecular formula is C36H26BrFN2O6S. The monoisotopic (exact) mass is 712 g/mol. The molecule has 5 aromatic rings. The van der Waals surface area contributed by atoms with Crippen LogP contribution in [-0.4, -0.2) is 23.9 Å². The number of hydrogen-bond donors (Lipinski definition) is 0. The molecule has 2 aliphatic heterocycles. The summed E-state index contributed by atoms with van der Waals surface area (Å²) in [5.74, 6) is 0.842. The third-order valence-corrected chi connectivity index (χ3v) is 9.25. The Morgan fingerprint density at radius 2 is 1.83 bits per heavy atom. The van der Waals surface area contributed by atoms with Crippen LogP contribution in [0.2, 0.25) is 0 Å². The number of esters is 1. The number of halogens is 2. The molecule has 0 bridgehead atoms. The van der Waals surface area contributed by atoms with Gasteiger partial charge in [-0.1, -0.05) is 65.9 Å². The lowest BCUT2D eigenvalue weighted by molar-refractivity contribution is -0.138. The molecule has 0 spiro atoms. The molecule has 1 aromatic heterocycles. The van der Waals surface area contributed by atoms with Crippen molar-refractivity contribution in [1.29, 1.82) is 0 Å². The first-order chi connectivity index (χ1) is 22.9. The van der Waals surface area contributed by atoms with E-state index >= 15 is 0 Å². The Morgan fingerprint density at radius 1 is 1.04 bits per heavy atom. The van der Waals surface area contributed by atoms with Gasteiger partial charge in [-0.25, -0.2) is 14.2 Å². The number of fused-ring (bicyclic) bond motifs is 2. The average Bonchev–Trinajstić information content (AvgIpc) is 3.68. The summed E-state index contributed by atoms with van der Waals surface area (Å²) in [6.07, 6.45) is 1.78. The van der Waals surface area contributed by atoms with E-state index in [1.807, 2.05) is 48.5 Å². The predicted octanol–water partition coefficient (Wildman–Crippen LogP) is 6.14. The Balaban J connectivity index is 1.33. The van der Waals surface area contributed by atoms with Gasteiger partial charge in [0.2, 0.25) is 6.79 Å². The fourth-order valence-electron chi connectivity index (χ4n) is 5.46. The summed E-state index contributed by atoms with van der Waals surface area (Å²) in [5.41, 5.74) is 3.34. The highest BCUT2D eigenvalue weighted by Crippen LogP contribution is 2.40. The number of carbonyl (C=O) groups excluding carboxylic acids is 1. The van der Waals surface area contributed by atoms with Crippen LogP contribution in [0.25, 0.3) is 11.8 Å². The summed E-state index contributed by atoms with van der Waals surface area (Å²) < 4.78 is 38.6. The minimum atomic E-state index is -0.842. The standard InChI is InChI=1S/C36H26BrFN2O6S/c1-2-43-35(42)31-32(23-6-4-3-5-7-23)39-36-40(33(31)24-11-15-28-29(18-24)46-20-45-28)34(41)30(47-36)17-22-10-14-27(26(37)16-22)44-19-21-8-12-25(38)13-9-21/h3-18,33H,2,19-20H2,1H3/b30-17-/t33-/m1/s1. The summed E-state index contributed by atoms with van der Waals surface area (Å²) in [4.78, 5) is 33.3. The van der Waals surface area contributed by atoms with E-state index in [1.54, 1.807) is 47.9 Å². The second kappa shape index (κ2) is 13.0. The van der Waals surface area contributed by atoms with E-state index in [4.69, 9.17) is 23.9 Å². The van der Waals surface area contributed by atoms with Crippen molar-refractivity contribution in [3.63, 3.8) is 0 Å². The summed E-state index contributed by atoms with van der Waals surface area (Å²) in [7, 11) is 0. The predicted molar refractivity (Wildman–Crippen MR) is 178 cm³/mol. The zero-order valence-corrected chi connectivity index (χ0v) is 27.3. The largest absolute Gasteiger partial charge is 0.488 e. The van der Waals surface area contributed by atoms with E-state index in [0.717, 1.165) is 16.7 Å². The highest BCUT2D eigenvalue weighted by molar-refractivity contribution is 9.10. The molecule has 7 rings (SSSR count). The molecule has 4 aromatic carbocycles. The fraction of sp³-hybridized carbons (Fsp3) is 0.139. The second-order valence-electron chi connectivity index (χ2n) is 10.6. The van der Waals surface area contributed by atoms with Crippen LogP contribution < -0.4 is 29.1 Å². The molecule has 1 atom stereocenters. The van der Waals surface area contributed by atoms with E-state index < -0.39 is 12.0 Å². The Bertz CT molecular complexity index is 2210. The highest BCUT2D eigenvalue weighted by atomic mass is 79.9. The molecule has 3 heterocycles. The van der Waals surface area contributed by atoms with Crippen LogP contribution >= 0.6 is 27.3 Å². The molecule has 0 amide bonds. The summed E-state index contributed by atoms with van der Waals surface area (Å²) in [6.45, 7) is 2.25.